The molecule has 0 unspecified atom stereocenters. The lowest BCUT2D eigenvalue weighted by Crippen LogP contribution is -2.33. The predicted octanol–water partition coefficient (Wildman–Crippen LogP) is 5.81. The second-order valence-electron chi connectivity index (χ2n) is 7.11. The number of hydrogen-bond acceptors (Lipinski definition) is 4. The van der Waals surface area contributed by atoms with Crippen molar-refractivity contribution < 1.29 is 14.2 Å². The number of nitrogens with zero attached hydrogens (tertiary/aromatic N) is 1. The summed E-state index contributed by atoms with van der Waals surface area (Å²) in [6.45, 7) is 2.55. The van der Waals surface area contributed by atoms with E-state index in [4.69, 9.17) is 21.3 Å². The summed E-state index contributed by atoms with van der Waals surface area (Å²) in [7, 11) is 0. The molecule has 3 aromatic rings. The second-order valence-corrected chi connectivity index (χ2v) is 7.55. The summed E-state index contributed by atoms with van der Waals surface area (Å²) in [5.41, 5.74) is 3.40. The maximum Gasteiger partial charge on any atom is 0.126 e. The van der Waals surface area contributed by atoms with E-state index >= 15 is 0 Å². The number of phenols is 1. The van der Waals surface area contributed by atoms with E-state index in [0.29, 0.717) is 23.6 Å². The van der Waals surface area contributed by atoms with E-state index in [1.54, 1.807) is 30.3 Å². The minimum Gasteiger partial charge on any atom is -0.508 e. The summed E-state index contributed by atoms with van der Waals surface area (Å²) in [6.07, 6.45) is 0.184. The van der Waals surface area contributed by atoms with Gasteiger partial charge in [-0.1, -0.05) is 23.7 Å². The Bertz CT molecular complexity index is 1050. The minimum atomic E-state index is -0.385. The topological polar surface area (TPSA) is 53.8 Å². The van der Waals surface area contributed by atoms with Crippen molar-refractivity contribution in [2.45, 2.75) is 25.6 Å². The molecule has 1 aliphatic rings. The maximum absolute atomic E-state index is 13.4. The van der Waals surface area contributed by atoms with E-state index in [9.17, 15) is 9.50 Å². The predicted molar refractivity (Wildman–Crippen MR) is 117 cm³/mol. The molecule has 0 bridgehead atoms. The van der Waals surface area contributed by atoms with Gasteiger partial charge in [-0.2, -0.15) is 0 Å². The molecule has 0 amide bonds. The van der Waals surface area contributed by atoms with Gasteiger partial charge in [-0.3, -0.25) is 10.3 Å². The molecule has 2 atom stereocenters. The molecule has 1 heterocycles. The number of phenolic OH excluding ortho intramolecular Hbond substituents is 1. The van der Waals surface area contributed by atoms with Crippen molar-refractivity contribution in [3.63, 3.8) is 0 Å². The smallest absolute Gasteiger partial charge is 0.126 e. The summed E-state index contributed by atoms with van der Waals surface area (Å²) >= 11 is 6.18. The van der Waals surface area contributed by atoms with Crippen LogP contribution >= 0.6 is 11.6 Å². The van der Waals surface area contributed by atoms with Gasteiger partial charge in [0.05, 0.1) is 6.61 Å². The van der Waals surface area contributed by atoms with Gasteiger partial charge in [-0.05, 0) is 72.6 Å². The van der Waals surface area contributed by atoms with Gasteiger partial charge in [0.1, 0.15) is 23.5 Å². The second kappa shape index (κ2) is 8.86. The lowest BCUT2D eigenvalue weighted by molar-refractivity contribution is 0.340. The first-order valence-electron chi connectivity index (χ1n) is 9.83. The van der Waals surface area contributed by atoms with Gasteiger partial charge >= 0.3 is 0 Å². The summed E-state index contributed by atoms with van der Waals surface area (Å²) in [4.78, 5) is 4.88. The molecule has 4 nitrogen and oxygen atoms in total. The van der Waals surface area contributed by atoms with Crippen molar-refractivity contribution in [3.8, 4) is 11.5 Å². The molecule has 154 valence electrons. The molecular formula is C24H22ClFN2O2. The van der Waals surface area contributed by atoms with Gasteiger partial charge in [-0.25, -0.2) is 4.39 Å². The molecule has 0 aliphatic carbocycles. The fourth-order valence-corrected chi connectivity index (χ4v) is 3.79. The fraction of sp³-hybridized carbons (Fsp3) is 0.208. The number of hydrogen-bond donors (Lipinski definition) is 2. The average molecular weight is 425 g/mol. The van der Waals surface area contributed by atoms with Gasteiger partial charge in [0, 0.05) is 28.8 Å². The van der Waals surface area contributed by atoms with Crippen LogP contribution in [-0.4, -0.2) is 17.4 Å². The maximum atomic E-state index is 13.4. The third kappa shape index (κ3) is 4.48. The molecule has 2 N–H and O–H groups in total. The van der Waals surface area contributed by atoms with Crippen molar-refractivity contribution >= 4 is 17.3 Å². The van der Waals surface area contributed by atoms with E-state index in [-0.39, 0.29) is 23.8 Å². The first kappa shape index (κ1) is 20.4. The Morgan fingerprint density at radius 1 is 1.10 bits per heavy atom. The molecule has 0 fully saturated rings. The lowest BCUT2D eigenvalue weighted by atomic mass is 9.93. The summed E-state index contributed by atoms with van der Waals surface area (Å²) in [5, 5.41) is 14.4. The molecule has 0 aromatic heterocycles. The third-order valence-corrected chi connectivity index (χ3v) is 5.33. The largest absolute Gasteiger partial charge is 0.508 e. The Morgan fingerprint density at radius 3 is 2.53 bits per heavy atom. The number of aliphatic imine (C=N–C) groups is 1. The van der Waals surface area contributed by atoms with Crippen LogP contribution in [0, 0.1) is 5.82 Å². The first-order chi connectivity index (χ1) is 14.5. The van der Waals surface area contributed by atoms with Crippen LogP contribution in [0.4, 0.5) is 4.39 Å². The number of ether oxygens (including phenoxy) is 1. The minimum absolute atomic E-state index is 0.169. The average Bonchev–Trinajstić information content (AvgIpc) is 2.76. The first-order valence-corrected chi connectivity index (χ1v) is 10.2. The van der Waals surface area contributed by atoms with Crippen LogP contribution in [0.15, 0.2) is 71.7 Å². The van der Waals surface area contributed by atoms with Crippen LogP contribution in [0.25, 0.3) is 0 Å². The number of benzene rings is 3. The zero-order valence-electron chi connectivity index (χ0n) is 16.5. The number of nitrogens with one attached hydrogen (secondary N) is 1. The van der Waals surface area contributed by atoms with Crippen LogP contribution in [-0.2, 0) is 0 Å². The highest BCUT2D eigenvalue weighted by Crippen LogP contribution is 2.36. The molecule has 4 rings (SSSR count). The standard InChI is InChI=1S/C24H22ClFN2O2/c1-2-30-19-10-5-15(6-11-19)21-14-22(20-13-17(25)7-12-23(20)29)28-24(27-21)16-3-8-18(26)9-4-16/h3-13,22,24,28-29H,2,14H2,1H3/t22-,24-/m1/s1. The lowest BCUT2D eigenvalue weighted by Gasteiger charge is -2.31. The Kier molecular flexibility index (Phi) is 6.02. The monoisotopic (exact) mass is 424 g/mol. The molecule has 6 heteroatoms. The molecule has 0 radical (unpaired) electrons. The number of aromatic hydroxyl groups is 1. The van der Waals surface area contributed by atoms with Gasteiger partial charge in [-0.15, -0.1) is 0 Å². The van der Waals surface area contributed by atoms with E-state index in [1.165, 1.54) is 12.1 Å². The van der Waals surface area contributed by atoms with Gasteiger partial charge in [0.2, 0.25) is 0 Å². The Labute approximate surface area is 180 Å². The number of halogens is 2. The molecular weight excluding hydrogens is 403 g/mol. The van der Waals surface area contributed by atoms with E-state index in [0.717, 1.165) is 22.6 Å². The number of rotatable bonds is 5. The van der Waals surface area contributed by atoms with E-state index in [2.05, 4.69) is 5.32 Å². The molecule has 30 heavy (non-hydrogen) atoms. The van der Waals surface area contributed by atoms with E-state index < -0.39 is 0 Å². The summed E-state index contributed by atoms with van der Waals surface area (Å²) < 4.78 is 19.0. The van der Waals surface area contributed by atoms with Gasteiger partial charge in [0.25, 0.3) is 0 Å². The van der Waals surface area contributed by atoms with Crippen LogP contribution < -0.4 is 10.1 Å². The highest BCUT2D eigenvalue weighted by molar-refractivity contribution is 6.30. The zero-order valence-corrected chi connectivity index (χ0v) is 17.2. The Balaban J connectivity index is 1.72. The molecule has 3 aromatic carbocycles. The van der Waals surface area contributed by atoms with Crippen molar-refractivity contribution in [3.05, 3.63) is 94.3 Å². The molecule has 0 spiro atoms. The third-order valence-electron chi connectivity index (χ3n) is 5.09. The summed E-state index contributed by atoms with van der Waals surface area (Å²) in [5.74, 6) is 0.673. The zero-order chi connectivity index (χ0) is 21.1. The molecule has 0 saturated carbocycles. The SMILES string of the molecule is CCOc1ccc(C2=N[C@@H](c3ccc(F)cc3)N[C@@H](c3cc(Cl)ccc3O)C2)cc1. The van der Waals surface area contributed by atoms with Crippen LogP contribution in [0.3, 0.4) is 0 Å². The van der Waals surface area contributed by atoms with Gasteiger partial charge < -0.3 is 9.84 Å². The van der Waals surface area contributed by atoms with Crippen molar-refractivity contribution in [1.82, 2.24) is 5.32 Å². The van der Waals surface area contributed by atoms with Crippen molar-refractivity contribution in [2.24, 2.45) is 4.99 Å². The van der Waals surface area contributed by atoms with Crippen molar-refractivity contribution in [1.29, 1.82) is 0 Å². The Morgan fingerprint density at radius 2 is 1.83 bits per heavy atom. The summed E-state index contributed by atoms with van der Waals surface area (Å²) in [6, 6.07) is 18.9. The quantitative estimate of drug-likeness (QED) is 0.543. The normalized spacial score (nSPS) is 18.7. The fourth-order valence-electron chi connectivity index (χ4n) is 3.61. The van der Waals surface area contributed by atoms with E-state index in [1.807, 2.05) is 31.2 Å². The van der Waals surface area contributed by atoms with Gasteiger partial charge in [0.15, 0.2) is 0 Å². The highest BCUT2D eigenvalue weighted by Gasteiger charge is 2.28. The van der Waals surface area contributed by atoms with Crippen LogP contribution in [0.1, 0.15) is 42.2 Å². The van der Waals surface area contributed by atoms with Crippen LogP contribution in [0.2, 0.25) is 5.02 Å². The molecule has 1 aliphatic heterocycles. The highest BCUT2D eigenvalue weighted by atomic mass is 35.5. The molecule has 0 saturated heterocycles. The Hall–Kier alpha value is -2.89. The van der Waals surface area contributed by atoms with Crippen LogP contribution in [0.5, 0.6) is 11.5 Å². The van der Waals surface area contributed by atoms with Crippen molar-refractivity contribution in [2.75, 3.05) is 6.61 Å².